The molecule has 0 aliphatic heterocycles. The van der Waals surface area contributed by atoms with Gasteiger partial charge in [0.1, 0.15) is 0 Å². The highest BCUT2D eigenvalue weighted by Gasteiger charge is 2.30. The lowest BCUT2D eigenvalue weighted by atomic mass is 10.3. The van der Waals surface area contributed by atoms with Crippen LogP contribution in [0.1, 0.15) is 32.1 Å². The van der Waals surface area contributed by atoms with Gasteiger partial charge in [-0.1, -0.05) is 18.9 Å². The van der Waals surface area contributed by atoms with E-state index >= 15 is 0 Å². The van der Waals surface area contributed by atoms with Gasteiger partial charge in [0.15, 0.2) is 9.84 Å². The summed E-state index contributed by atoms with van der Waals surface area (Å²) in [5.41, 5.74) is 0.450. The quantitative estimate of drug-likeness (QED) is 0.718. The Labute approximate surface area is 145 Å². The number of hydrogen-bond acceptors (Lipinski definition) is 4. The Balaban J connectivity index is 1.95. The summed E-state index contributed by atoms with van der Waals surface area (Å²) < 4.78 is 36.1. The topological polar surface area (TPSA) is 92.3 Å². The zero-order valence-corrected chi connectivity index (χ0v) is 15.4. The van der Waals surface area contributed by atoms with Crippen molar-refractivity contribution in [3.63, 3.8) is 0 Å². The minimum Gasteiger partial charge on any atom is -0.338 e. The SMILES string of the molecule is C[S@](=O)CCCNC(=O)Nc1cccc(S(=O)(=O)C2CCCC2)c1. The molecule has 134 valence electrons. The number of urea groups is 1. The van der Waals surface area contributed by atoms with E-state index < -0.39 is 26.7 Å². The number of carbonyl (C=O) groups is 1. The molecule has 0 unspecified atom stereocenters. The van der Waals surface area contributed by atoms with Gasteiger partial charge in [-0.15, -0.1) is 0 Å². The Bertz CT molecular complexity index is 698. The van der Waals surface area contributed by atoms with E-state index in [1.54, 1.807) is 24.5 Å². The summed E-state index contributed by atoms with van der Waals surface area (Å²) in [6, 6.07) is 5.99. The molecular formula is C16H24N2O4S2. The van der Waals surface area contributed by atoms with Gasteiger partial charge in [0, 0.05) is 35.0 Å². The van der Waals surface area contributed by atoms with E-state index in [1.165, 1.54) is 6.07 Å². The summed E-state index contributed by atoms with van der Waals surface area (Å²) in [6.45, 7) is 0.422. The normalized spacial score (nSPS) is 16.7. The maximum absolute atomic E-state index is 12.6. The second-order valence-corrected chi connectivity index (χ2v) is 9.77. The van der Waals surface area contributed by atoms with Gasteiger partial charge in [-0.3, -0.25) is 4.21 Å². The Kier molecular flexibility index (Phi) is 6.79. The second kappa shape index (κ2) is 8.62. The van der Waals surface area contributed by atoms with E-state index in [0.29, 0.717) is 37.2 Å². The highest BCUT2D eigenvalue weighted by atomic mass is 32.2. The summed E-state index contributed by atoms with van der Waals surface area (Å²) in [6.07, 6.45) is 5.57. The number of nitrogens with one attached hydrogen (secondary N) is 2. The molecule has 0 saturated heterocycles. The Hall–Kier alpha value is -1.41. The van der Waals surface area contributed by atoms with E-state index in [0.717, 1.165) is 12.8 Å². The van der Waals surface area contributed by atoms with Crippen LogP contribution in [0.5, 0.6) is 0 Å². The van der Waals surface area contributed by atoms with Gasteiger partial charge in [-0.05, 0) is 37.5 Å². The van der Waals surface area contributed by atoms with Crippen LogP contribution in [0, 0.1) is 0 Å². The zero-order valence-electron chi connectivity index (χ0n) is 13.8. The van der Waals surface area contributed by atoms with Gasteiger partial charge < -0.3 is 10.6 Å². The van der Waals surface area contributed by atoms with Gasteiger partial charge in [-0.25, -0.2) is 13.2 Å². The van der Waals surface area contributed by atoms with Crippen LogP contribution in [0.2, 0.25) is 0 Å². The lowest BCUT2D eigenvalue weighted by Gasteiger charge is -2.13. The summed E-state index contributed by atoms with van der Waals surface area (Å²) in [7, 11) is -4.20. The number of hydrogen-bond donors (Lipinski definition) is 2. The molecule has 1 aromatic rings. The van der Waals surface area contributed by atoms with Crippen molar-refractivity contribution in [3.05, 3.63) is 24.3 Å². The molecule has 1 fully saturated rings. The van der Waals surface area contributed by atoms with Gasteiger partial charge >= 0.3 is 6.03 Å². The summed E-state index contributed by atoms with van der Waals surface area (Å²) in [5.74, 6) is 0.537. The molecular weight excluding hydrogens is 348 g/mol. The van der Waals surface area contributed by atoms with Crippen molar-refractivity contribution in [1.29, 1.82) is 0 Å². The fraction of sp³-hybridized carbons (Fsp3) is 0.562. The fourth-order valence-corrected chi connectivity index (χ4v) is 5.24. The van der Waals surface area contributed by atoms with Crippen LogP contribution in [0.15, 0.2) is 29.2 Å². The molecule has 0 aromatic heterocycles. The fourth-order valence-electron chi connectivity index (χ4n) is 2.79. The van der Waals surface area contributed by atoms with Crippen molar-refractivity contribution >= 4 is 32.4 Å². The van der Waals surface area contributed by atoms with Gasteiger partial charge in [0.25, 0.3) is 0 Å². The number of amides is 2. The number of anilines is 1. The van der Waals surface area contributed by atoms with E-state index in [1.807, 2.05) is 0 Å². The Morgan fingerprint density at radius 3 is 2.67 bits per heavy atom. The number of sulfone groups is 1. The number of rotatable bonds is 7. The average Bonchev–Trinajstić information content (AvgIpc) is 3.07. The molecule has 24 heavy (non-hydrogen) atoms. The predicted octanol–water partition coefficient (Wildman–Crippen LogP) is 2.29. The van der Waals surface area contributed by atoms with Crippen LogP contribution in [0.25, 0.3) is 0 Å². The molecule has 2 rings (SSSR count). The Morgan fingerprint density at radius 2 is 2.00 bits per heavy atom. The van der Waals surface area contributed by atoms with Crippen LogP contribution < -0.4 is 10.6 Å². The molecule has 0 bridgehead atoms. The van der Waals surface area contributed by atoms with Crippen molar-refractivity contribution < 1.29 is 17.4 Å². The molecule has 0 heterocycles. The molecule has 2 N–H and O–H groups in total. The van der Waals surface area contributed by atoms with Gasteiger partial charge in [-0.2, -0.15) is 0 Å². The van der Waals surface area contributed by atoms with Crippen LogP contribution in [0.4, 0.5) is 10.5 Å². The first-order valence-electron chi connectivity index (χ1n) is 8.08. The molecule has 0 spiro atoms. The molecule has 1 atom stereocenters. The predicted molar refractivity (Wildman–Crippen MR) is 96.5 cm³/mol. The highest BCUT2D eigenvalue weighted by Crippen LogP contribution is 2.30. The largest absolute Gasteiger partial charge is 0.338 e. The highest BCUT2D eigenvalue weighted by molar-refractivity contribution is 7.92. The van der Waals surface area contributed by atoms with E-state index in [2.05, 4.69) is 10.6 Å². The minimum atomic E-state index is -3.33. The van der Waals surface area contributed by atoms with E-state index in [-0.39, 0.29) is 10.1 Å². The van der Waals surface area contributed by atoms with Crippen LogP contribution in [-0.2, 0) is 20.6 Å². The van der Waals surface area contributed by atoms with Crippen molar-refractivity contribution in [3.8, 4) is 0 Å². The molecule has 0 radical (unpaired) electrons. The third-order valence-electron chi connectivity index (χ3n) is 4.06. The monoisotopic (exact) mass is 372 g/mol. The maximum atomic E-state index is 12.6. The van der Waals surface area contributed by atoms with Crippen LogP contribution in [0.3, 0.4) is 0 Å². The standard InChI is InChI=1S/C16H24N2O4S2/c1-23(20)11-5-10-17-16(19)18-13-6-4-9-15(12-13)24(21,22)14-7-2-3-8-14/h4,6,9,12,14H,2-3,5,7-8,10-11H2,1H3,(H2,17,18,19)/t23-/m0/s1. The van der Waals surface area contributed by atoms with E-state index in [9.17, 15) is 17.4 Å². The van der Waals surface area contributed by atoms with E-state index in [4.69, 9.17) is 0 Å². The lowest BCUT2D eigenvalue weighted by Crippen LogP contribution is -2.30. The molecule has 1 aromatic carbocycles. The second-order valence-electron chi connectivity index (χ2n) is 5.99. The number of benzene rings is 1. The molecule has 8 heteroatoms. The lowest BCUT2D eigenvalue weighted by molar-refractivity contribution is 0.252. The molecule has 2 amide bonds. The Morgan fingerprint density at radius 1 is 1.29 bits per heavy atom. The summed E-state index contributed by atoms with van der Waals surface area (Å²) in [5, 5.41) is 5.00. The maximum Gasteiger partial charge on any atom is 0.319 e. The minimum absolute atomic E-state index is 0.258. The summed E-state index contributed by atoms with van der Waals surface area (Å²) in [4.78, 5) is 12.1. The van der Waals surface area contributed by atoms with Crippen molar-refractivity contribution in [2.24, 2.45) is 0 Å². The summed E-state index contributed by atoms with van der Waals surface area (Å²) >= 11 is 0. The van der Waals surface area contributed by atoms with Crippen LogP contribution >= 0.6 is 0 Å². The zero-order chi connectivity index (χ0) is 17.6. The van der Waals surface area contributed by atoms with Gasteiger partial charge in [0.05, 0.1) is 10.1 Å². The third-order valence-corrected chi connectivity index (χ3v) is 7.18. The number of carbonyl (C=O) groups excluding carboxylic acids is 1. The third kappa shape index (κ3) is 5.31. The van der Waals surface area contributed by atoms with Crippen molar-refractivity contribution in [2.75, 3.05) is 23.9 Å². The molecule has 1 aliphatic rings. The first-order chi connectivity index (χ1) is 11.4. The van der Waals surface area contributed by atoms with Crippen LogP contribution in [-0.4, -0.2) is 42.5 Å². The van der Waals surface area contributed by atoms with Crippen molar-refractivity contribution in [2.45, 2.75) is 42.2 Å². The molecule has 1 saturated carbocycles. The first kappa shape index (κ1) is 18.9. The average molecular weight is 373 g/mol. The van der Waals surface area contributed by atoms with Crippen molar-refractivity contribution in [1.82, 2.24) is 5.32 Å². The van der Waals surface area contributed by atoms with Gasteiger partial charge in [0.2, 0.25) is 0 Å². The smallest absolute Gasteiger partial charge is 0.319 e. The molecule has 6 nitrogen and oxygen atoms in total. The first-order valence-corrected chi connectivity index (χ1v) is 11.4. The molecule has 1 aliphatic carbocycles.